The number of hydrogen-bond acceptors (Lipinski definition) is 4. The predicted octanol–water partition coefficient (Wildman–Crippen LogP) is 4.84. The summed E-state index contributed by atoms with van der Waals surface area (Å²) >= 11 is 6.34. The van der Waals surface area contributed by atoms with E-state index < -0.39 is 0 Å². The van der Waals surface area contributed by atoms with Gasteiger partial charge in [-0.25, -0.2) is 4.52 Å². The van der Waals surface area contributed by atoms with E-state index in [0.717, 1.165) is 10.9 Å². The van der Waals surface area contributed by atoms with Crippen molar-refractivity contribution in [1.29, 1.82) is 0 Å². The second-order valence-corrected chi connectivity index (χ2v) is 6.13. The van der Waals surface area contributed by atoms with Crippen LogP contribution < -0.4 is 4.74 Å². The van der Waals surface area contributed by atoms with Gasteiger partial charge in [-0.3, -0.25) is 4.79 Å². The van der Waals surface area contributed by atoms with E-state index in [-0.39, 0.29) is 5.78 Å². The van der Waals surface area contributed by atoms with Gasteiger partial charge in [0.15, 0.2) is 11.4 Å². The van der Waals surface area contributed by atoms with E-state index in [1.165, 1.54) is 6.92 Å². The number of hydrogen-bond donors (Lipinski definition) is 0. The van der Waals surface area contributed by atoms with Crippen molar-refractivity contribution in [2.45, 2.75) is 13.8 Å². The lowest BCUT2D eigenvalue weighted by Gasteiger charge is -2.10. The number of benzene rings is 2. The fraction of sp³-hybridized carbons (Fsp3) is 0.105. The first-order valence-electron chi connectivity index (χ1n) is 7.77. The molecule has 2 aromatic heterocycles. The monoisotopic (exact) mass is 351 g/mol. The van der Waals surface area contributed by atoms with E-state index >= 15 is 0 Å². The van der Waals surface area contributed by atoms with Crippen molar-refractivity contribution < 1.29 is 9.53 Å². The average molecular weight is 352 g/mol. The van der Waals surface area contributed by atoms with Crippen LogP contribution in [0, 0.1) is 6.92 Å². The Morgan fingerprint density at radius 3 is 2.76 bits per heavy atom. The van der Waals surface area contributed by atoms with E-state index in [1.807, 2.05) is 31.2 Å². The molecule has 0 radical (unpaired) electrons. The maximum absolute atomic E-state index is 11.6. The van der Waals surface area contributed by atoms with Gasteiger partial charge < -0.3 is 4.74 Å². The van der Waals surface area contributed by atoms with Crippen LogP contribution in [0.2, 0.25) is 5.02 Å². The Hall–Kier alpha value is -2.92. The average Bonchev–Trinajstić information content (AvgIpc) is 2.90. The molecule has 25 heavy (non-hydrogen) atoms. The van der Waals surface area contributed by atoms with Crippen LogP contribution in [0.1, 0.15) is 23.0 Å². The number of fused-ring (bicyclic) bond motifs is 3. The molecule has 0 saturated carbocycles. The summed E-state index contributed by atoms with van der Waals surface area (Å²) in [5.41, 5.74) is 2.67. The van der Waals surface area contributed by atoms with Gasteiger partial charge in [-0.05, 0) is 38.1 Å². The van der Waals surface area contributed by atoms with E-state index in [4.69, 9.17) is 16.3 Å². The molecule has 0 aliphatic rings. The van der Waals surface area contributed by atoms with Gasteiger partial charge in [0.05, 0.1) is 16.6 Å². The summed E-state index contributed by atoms with van der Waals surface area (Å²) in [7, 11) is 0. The Labute approximate surface area is 148 Å². The summed E-state index contributed by atoms with van der Waals surface area (Å²) < 4.78 is 7.71. The highest BCUT2D eigenvalue weighted by molar-refractivity contribution is 6.34. The van der Waals surface area contributed by atoms with Crippen molar-refractivity contribution >= 4 is 33.9 Å². The quantitative estimate of drug-likeness (QED) is 0.495. The molecular weight excluding hydrogens is 338 g/mol. The third kappa shape index (κ3) is 2.62. The minimum Gasteiger partial charge on any atom is -0.438 e. The van der Waals surface area contributed by atoms with E-state index in [0.29, 0.717) is 33.6 Å². The molecule has 124 valence electrons. The van der Waals surface area contributed by atoms with Crippen LogP contribution in [0.3, 0.4) is 0 Å². The molecule has 0 bridgehead atoms. The molecule has 0 N–H and O–H groups in total. The number of ether oxygens (including phenoxy) is 1. The SMILES string of the molecule is CC(=O)c1cccc(Oc2nc3c(Cl)c(C)nn3c3ccccc23)c1. The fourth-order valence-electron chi connectivity index (χ4n) is 2.72. The maximum Gasteiger partial charge on any atom is 0.230 e. The molecule has 0 aliphatic carbocycles. The lowest BCUT2D eigenvalue weighted by molar-refractivity contribution is 0.101. The molecule has 4 aromatic rings. The zero-order chi connectivity index (χ0) is 17.6. The minimum atomic E-state index is -0.0202. The smallest absolute Gasteiger partial charge is 0.230 e. The van der Waals surface area contributed by atoms with Crippen LogP contribution in [0.25, 0.3) is 16.6 Å². The lowest BCUT2D eigenvalue weighted by Crippen LogP contribution is -1.98. The van der Waals surface area contributed by atoms with E-state index in [9.17, 15) is 4.79 Å². The van der Waals surface area contributed by atoms with Crippen molar-refractivity contribution in [3.8, 4) is 11.6 Å². The number of carbonyl (C=O) groups excluding carboxylic acids is 1. The molecule has 2 heterocycles. The van der Waals surface area contributed by atoms with Crippen LogP contribution in [0.15, 0.2) is 48.5 Å². The zero-order valence-electron chi connectivity index (χ0n) is 13.7. The van der Waals surface area contributed by atoms with Gasteiger partial charge in [-0.1, -0.05) is 35.9 Å². The lowest BCUT2D eigenvalue weighted by atomic mass is 10.1. The van der Waals surface area contributed by atoms with Gasteiger partial charge in [0.1, 0.15) is 10.8 Å². The maximum atomic E-state index is 11.6. The summed E-state index contributed by atoms with van der Waals surface area (Å²) in [6, 6.07) is 14.7. The van der Waals surface area contributed by atoms with Crippen LogP contribution in [0.5, 0.6) is 11.6 Å². The fourth-order valence-corrected chi connectivity index (χ4v) is 2.88. The highest BCUT2D eigenvalue weighted by Gasteiger charge is 2.16. The molecule has 0 fully saturated rings. The number of aromatic nitrogens is 3. The Morgan fingerprint density at radius 1 is 1.16 bits per heavy atom. The van der Waals surface area contributed by atoms with E-state index in [1.54, 1.807) is 28.8 Å². The van der Waals surface area contributed by atoms with E-state index in [2.05, 4.69) is 10.1 Å². The highest BCUT2D eigenvalue weighted by atomic mass is 35.5. The summed E-state index contributed by atoms with van der Waals surface area (Å²) in [6.07, 6.45) is 0. The molecule has 6 heteroatoms. The molecule has 4 rings (SSSR count). The van der Waals surface area contributed by atoms with Crippen LogP contribution >= 0.6 is 11.6 Å². The molecule has 0 spiro atoms. The van der Waals surface area contributed by atoms with Gasteiger partial charge in [-0.2, -0.15) is 10.1 Å². The van der Waals surface area contributed by atoms with Gasteiger partial charge in [0.25, 0.3) is 0 Å². The molecule has 0 amide bonds. The van der Waals surface area contributed by atoms with Gasteiger partial charge >= 0.3 is 0 Å². The number of nitrogens with zero attached hydrogens (tertiary/aromatic N) is 3. The van der Waals surface area contributed by atoms with Gasteiger partial charge in [0.2, 0.25) is 5.88 Å². The van der Waals surface area contributed by atoms with Crippen LogP contribution in [-0.2, 0) is 0 Å². The number of rotatable bonds is 3. The summed E-state index contributed by atoms with van der Waals surface area (Å²) in [4.78, 5) is 16.1. The van der Waals surface area contributed by atoms with Crippen LogP contribution in [0.4, 0.5) is 0 Å². The van der Waals surface area contributed by atoms with Gasteiger partial charge in [0, 0.05) is 5.56 Å². The molecule has 2 aromatic carbocycles. The third-order valence-electron chi connectivity index (χ3n) is 3.99. The first kappa shape index (κ1) is 15.6. The second kappa shape index (κ2) is 5.86. The van der Waals surface area contributed by atoms with Crippen molar-refractivity contribution in [2.75, 3.05) is 0 Å². The Kier molecular flexibility index (Phi) is 3.66. The summed E-state index contributed by atoms with van der Waals surface area (Å²) in [5, 5.41) is 5.75. The number of carbonyl (C=O) groups is 1. The molecule has 0 atom stereocenters. The normalized spacial score (nSPS) is 11.2. The first-order valence-corrected chi connectivity index (χ1v) is 8.15. The molecule has 0 saturated heterocycles. The Balaban J connectivity index is 1.92. The number of ketones is 1. The van der Waals surface area contributed by atoms with Crippen LogP contribution in [-0.4, -0.2) is 20.4 Å². The van der Waals surface area contributed by atoms with Gasteiger partial charge in [-0.15, -0.1) is 0 Å². The minimum absolute atomic E-state index is 0.0202. The number of aryl methyl sites for hydroxylation is 1. The van der Waals surface area contributed by atoms with Crippen molar-refractivity contribution in [1.82, 2.24) is 14.6 Å². The Morgan fingerprint density at radius 2 is 1.96 bits per heavy atom. The molecule has 0 aliphatic heterocycles. The largest absolute Gasteiger partial charge is 0.438 e. The Bertz CT molecular complexity index is 1130. The third-order valence-corrected chi connectivity index (χ3v) is 4.43. The molecule has 5 nitrogen and oxygen atoms in total. The summed E-state index contributed by atoms with van der Waals surface area (Å²) in [5.74, 6) is 0.945. The topological polar surface area (TPSA) is 56.5 Å². The second-order valence-electron chi connectivity index (χ2n) is 5.75. The first-order chi connectivity index (χ1) is 12.0. The van der Waals surface area contributed by atoms with Crippen molar-refractivity contribution in [2.24, 2.45) is 0 Å². The summed E-state index contributed by atoms with van der Waals surface area (Å²) in [6.45, 7) is 3.36. The molecular formula is C19H14ClN3O2. The standard InChI is InChI=1S/C19H14ClN3O2/c1-11-17(20)18-21-19(15-8-3-4-9-16(15)23(18)22-11)25-14-7-5-6-13(10-14)12(2)24/h3-10H,1-2H3. The van der Waals surface area contributed by atoms with Crippen molar-refractivity contribution in [3.63, 3.8) is 0 Å². The number of halogens is 1. The number of Topliss-reactive ketones (excluding diaryl/α,β-unsaturated/α-hetero) is 1. The zero-order valence-corrected chi connectivity index (χ0v) is 14.4. The van der Waals surface area contributed by atoms with Crippen molar-refractivity contribution in [3.05, 3.63) is 64.8 Å². The highest BCUT2D eigenvalue weighted by Crippen LogP contribution is 2.32. The predicted molar refractivity (Wildman–Crippen MR) is 96.8 cm³/mol. The molecule has 0 unspecified atom stereocenters. The number of para-hydroxylation sites is 1.